The topological polar surface area (TPSA) is 33.0 Å². The molecule has 0 N–H and O–H groups in total. The zero-order valence-corrected chi connectivity index (χ0v) is 9.27. The number of unbranched alkanes of at least 4 members (excludes halogenated alkanes) is 3. The van der Waals surface area contributed by atoms with E-state index in [2.05, 4.69) is 13.0 Å². The van der Waals surface area contributed by atoms with Gasteiger partial charge in [-0.3, -0.25) is 0 Å². The average Bonchev–Trinajstić information content (AvgIpc) is 2.65. The third kappa shape index (κ3) is 3.39. The lowest BCUT2D eigenvalue weighted by Gasteiger charge is -2.03. The quantitative estimate of drug-likeness (QED) is 0.671. The van der Waals surface area contributed by atoms with Crippen molar-refractivity contribution in [3.8, 4) is 11.8 Å². The smallest absolute Gasteiger partial charge is 0.147 e. The van der Waals surface area contributed by atoms with Gasteiger partial charge in [0.2, 0.25) is 0 Å². The third-order valence-electron chi connectivity index (χ3n) is 2.00. The zero-order chi connectivity index (χ0) is 10.2. The van der Waals surface area contributed by atoms with Crippen LogP contribution in [-0.2, 0) is 0 Å². The molecule has 0 unspecified atom stereocenters. The fraction of sp³-hybridized carbons (Fsp3) is 0.545. The van der Waals surface area contributed by atoms with Gasteiger partial charge in [0, 0.05) is 10.8 Å². The molecule has 0 atom stereocenters. The molecule has 1 aromatic rings. The summed E-state index contributed by atoms with van der Waals surface area (Å²) in [6.07, 6.45) is 4.79. The Morgan fingerprint density at radius 1 is 1.36 bits per heavy atom. The highest BCUT2D eigenvalue weighted by molar-refractivity contribution is 7.08. The van der Waals surface area contributed by atoms with E-state index in [1.165, 1.54) is 30.6 Å². The lowest BCUT2D eigenvalue weighted by atomic mass is 10.2. The second kappa shape index (κ2) is 6.44. The summed E-state index contributed by atoms with van der Waals surface area (Å²) in [5.74, 6) is 0.744. The summed E-state index contributed by atoms with van der Waals surface area (Å²) in [4.78, 5) is 0. The van der Waals surface area contributed by atoms with Crippen LogP contribution in [0.5, 0.6) is 5.75 Å². The van der Waals surface area contributed by atoms with Crippen molar-refractivity contribution < 1.29 is 4.74 Å². The molecule has 0 saturated carbocycles. The van der Waals surface area contributed by atoms with Gasteiger partial charge in [-0.15, -0.1) is 11.3 Å². The van der Waals surface area contributed by atoms with Gasteiger partial charge in [-0.2, -0.15) is 5.26 Å². The van der Waals surface area contributed by atoms with Crippen LogP contribution in [0, 0.1) is 11.3 Å². The second-order valence-corrected chi connectivity index (χ2v) is 3.91. The first-order valence-corrected chi connectivity index (χ1v) is 5.92. The zero-order valence-electron chi connectivity index (χ0n) is 8.45. The highest BCUT2D eigenvalue weighted by Crippen LogP contribution is 2.22. The van der Waals surface area contributed by atoms with Crippen LogP contribution in [0.4, 0.5) is 0 Å². The number of nitriles is 1. The molecule has 0 spiro atoms. The number of nitrogens with zero attached hydrogens (tertiary/aromatic N) is 1. The van der Waals surface area contributed by atoms with Gasteiger partial charge < -0.3 is 4.74 Å². The molecule has 0 bridgehead atoms. The molecular weight excluding hydrogens is 194 g/mol. The number of rotatable bonds is 6. The van der Waals surface area contributed by atoms with E-state index in [1.807, 2.05) is 10.8 Å². The van der Waals surface area contributed by atoms with Crippen LogP contribution in [0.1, 0.15) is 38.2 Å². The van der Waals surface area contributed by atoms with Gasteiger partial charge in [0.1, 0.15) is 17.4 Å². The van der Waals surface area contributed by atoms with Crippen LogP contribution in [0.25, 0.3) is 0 Å². The Morgan fingerprint density at radius 3 is 2.93 bits per heavy atom. The molecule has 76 valence electrons. The standard InChI is InChI=1S/C11H15NOS/c1-2-3-4-5-6-13-11-9-14-8-10(11)7-12/h8-9H,2-6H2,1H3. The molecule has 0 fully saturated rings. The van der Waals surface area contributed by atoms with Crippen LogP contribution in [0.2, 0.25) is 0 Å². The van der Waals surface area contributed by atoms with Crippen molar-refractivity contribution in [1.29, 1.82) is 5.26 Å². The van der Waals surface area contributed by atoms with Crippen molar-refractivity contribution in [2.75, 3.05) is 6.61 Å². The van der Waals surface area contributed by atoms with Crippen LogP contribution >= 0.6 is 11.3 Å². The van der Waals surface area contributed by atoms with E-state index in [1.54, 1.807) is 0 Å². The van der Waals surface area contributed by atoms with E-state index in [9.17, 15) is 0 Å². The normalized spacial score (nSPS) is 9.71. The van der Waals surface area contributed by atoms with Crippen molar-refractivity contribution in [2.24, 2.45) is 0 Å². The Bertz CT molecular complexity index is 300. The van der Waals surface area contributed by atoms with Crippen molar-refractivity contribution >= 4 is 11.3 Å². The molecule has 1 rings (SSSR count). The summed E-state index contributed by atoms with van der Waals surface area (Å²) in [7, 11) is 0. The van der Waals surface area contributed by atoms with Crippen molar-refractivity contribution in [2.45, 2.75) is 32.6 Å². The highest BCUT2D eigenvalue weighted by Gasteiger charge is 2.02. The molecule has 2 nitrogen and oxygen atoms in total. The van der Waals surface area contributed by atoms with Gasteiger partial charge in [-0.1, -0.05) is 26.2 Å². The fourth-order valence-electron chi connectivity index (χ4n) is 1.19. The number of ether oxygens (including phenoxy) is 1. The predicted octanol–water partition coefficient (Wildman–Crippen LogP) is 3.58. The molecule has 0 aliphatic carbocycles. The van der Waals surface area contributed by atoms with Crippen LogP contribution in [0.3, 0.4) is 0 Å². The SMILES string of the molecule is CCCCCCOc1cscc1C#N. The van der Waals surface area contributed by atoms with Gasteiger partial charge in [0.25, 0.3) is 0 Å². The molecule has 0 saturated heterocycles. The lowest BCUT2D eigenvalue weighted by molar-refractivity contribution is 0.305. The molecule has 14 heavy (non-hydrogen) atoms. The average molecular weight is 209 g/mol. The maximum absolute atomic E-state index is 8.72. The fourth-order valence-corrected chi connectivity index (χ4v) is 1.88. The molecule has 0 aromatic carbocycles. The van der Waals surface area contributed by atoms with Gasteiger partial charge in [-0.25, -0.2) is 0 Å². The second-order valence-electron chi connectivity index (χ2n) is 3.17. The van der Waals surface area contributed by atoms with Gasteiger partial charge in [0.15, 0.2) is 0 Å². The Labute approximate surface area is 89.1 Å². The summed E-state index contributed by atoms with van der Waals surface area (Å²) in [6, 6.07) is 2.11. The third-order valence-corrected chi connectivity index (χ3v) is 2.72. The molecular formula is C11H15NOS. The number of hydrogen-bond acceptors (Lipinski definition) is 3. The molecule has 0 aliphatic rings. The largest absolute Gasteiger partial charge is 0.491 e. The Morgan fingerprint density at radius 2 is 2.21 bits per heavy atom. The first-order valence-electron chi connectivity index (χ1n) is 4.97. The Balaban J connectivity index is 2.22. The summed E-state index contributed by atoms with van der Waals surface area (Å²) in [5.41, 5.74) is 0.658. The van der Waals surface area contributed by atoms with Crippen LogP contribution in [-0.4, -0.2) is 6.61 Å². The van der Waals surface area contributed by atoms with Crippen molar-refractivity contribution in [3.05, 3.63) is 16.3 Å². The molecule has 0 radical (unpaired) electrons. The summed E-state index contributed by atoms with van der Waals surface area (Å²) >= 11 is 1.51. The Kier molecular flexibility index (Phi) is 5.09. The monoisotopic (exact) mass is 209 g/mol. The van der Waals surface area contributed by atoms with Crippen LogP contribution < -0.4 is 4.74 Å². The molecule has 0 amide bonds. The first kappa shape index (κ1) is 11.1. The highest BCUT2D eigenvalue weighted by atomic mass is 32.1. The summed E-state index contributed by atoms with van der Waals surface area (Å²) in [5, 5.41) is 12.4. The van der Waals surface area contributed by atoms with Gasteiger partial charge >= 0.3 is 0 Å². The maximum Gasteiger partial charge on any atom is 0.147 e. The van der Waals surface area contributed by atoms with E-state index in [0.717, 1.165) is 18.8 Å². The summed E-state index contributed by atoms with van der Waals surface area (Å²) in [6.45, 7) is 2.92. The molecule has 1 aromatic heterocycles. The molecule has 0 aliphatic heterocycles. The van der Waals surface area contributed by atoms with E-state index < -0.39 is 0 Å². The van der Waals surface area contributed by atoms with E-state index in [0.29, 0.717) is 5.56 Å². The Hall–Kier alpha value is -1.01. The predicted molar refractivity (Wildman–Crippen MR) is 58.7 cm³/mol. The minimum Gasteiger partial charge on any atom is -0.491 e. The minimum atomic E-state index is 0.658. The molecule has 1 heterocycles. The van der Waals surface area contributed by atoms with Gasteiger partial charge in [-0.05, 0) is 6.42 Å². The van der Waals surface area contributed by atoms with Crippen molar-refractivity contribution in [3.63, 3.8) is 0 Å². The van der Waals surface area contributed by atoms with E-state index in [-0.39, 0.29) is 0 Å². The van der Waals surface area contributed by atoms with Gasteiger partial charge in [0.05, 0.1) is 6.61 Å². The van der Waals surface area contributed by atoms with E-state index >= 15 is 0 Å². The first-order chi connectivity index (χ1) is 6.88. The number of thiophene rings is 1. The summed E-state index contributed by atoms with van der Waals surface area (Å²) < 4.78 is 5.50. The van der Waals surface area contributed by atoms with Crippen molar-refractivity contribution in [1.82, 2.24) is 0 Å². The van der Waals surface area contributed by atoms with E-state index in [4.69, 9.17) is 10.00 Å². The maximum atomic E-state index is 8.72. The lowest BCUT2D eigenvalue weighted by Crippen LogP contribution is -1.97. The minimum absolute atomic E-state index is 0.658. The molecule has 3 heteroatoms. The van der Waals surface area contributed by atoms with Crippen LogP contribution in [0.15, 0.2) is 10.8 Å². The number of hydrogen-bond donors (Lipinski definition) is 0.